The quantitative estimate of drug-likeness (QED) is 0.244. The van der Waals surface area contributed by atoms with E-state index in [2.05, 4.69) is 16.0 Å². The summed E-state index contributed by atoms with van der Waals surface area (Å²) in [6, 6.07) is 12.2. The van der Waals surface area contributed by atoms with Crippen molar-refractivity contribution in [3.05, 3.63) is 70.5 Å². The van der Waals surface area contributed by atoms with Gasteiger partial charge in [-0.15, -0.1) is 0 Å². The Kier molecular flexibility index (Phi) is 11.1. The van der Waals surface area contributed by atoms with Gasteiger partial charge in [-0.1, -0.05) is 81.8 Å². The van der Waals surface area contributed by atoms with Crippen LogP contribution in [0, 0.1) is 17.7 Å². The molecule has 10 heteroatoms. The Labute approximate surface area is 263 Å². The molecule has 1 aliphatic heterocycles. The van der Waals surface area contributed by atoms with E-state index in [1.807, 2.05) is 19.9 Å². The van der Waals surface area contributed by atoms with Crippen LogP contribution in [0.1, 0.15) is 89.4 Å². The van der Waals surface area contributed by atoms with Gasteiger partial charge in [0.25, 0.3) is 0 Å². The van der Waals surface area contributed by atoms with Crippen LogP contribution in [0.5, 0.6) is 0 Å². The molecule has 1 heterocycles. The van der Waals surface area contributed by atoms with E-state index >= 15 is 0 Å². The number of benzene rings is 2. The van der Waals surface area contributed by atoms with E-state index in [0.29, 0.717) is 36.3 Å². The highest BCUT2D eigenvalue weighted by Crippen LogP contribution is 2.41. The van der Waals surface area contributed by atoms with E-state index in [1.165, 1.54) is 12.1 Å². The number of carbonyl (C=O) groups is 4. The smallest absolute Gasteiger partial charge is 0.408 e. The Hall–Kier alpha value is -3.46. The van der Waals surface area contributed by atoms with Crippen LogP contribution in [0.3, 0.4) is 0 Å². The van der Waals surface area contributed by atoms with Crippen molar-refractivity contribution >= 4 is 35.8 Å². The Morgan fingerprint density at radius 3 is 2.45 bits per heavy atom. The summed E-state index contributed by atoms with van der Waals surface area (Å²) in [7, 11) is 0. The second-order valence-electron chi connectivity index (χ2n) is 13.0. The molecule has 2 fully saturated rings. The van der Waals surface area contributed by atoms with E-state index in [9.17, 15) is 23.6 Å². The first-order valence-electron chi connectivity index (χ1n) is 15.5. The molecule has 1 aliphatic carbocycles. The molecular formula is C34H43ClFN3O5. The second-order valence-corrected chi connectivity index (χ2v) is 13.4. The molecule has 0 bridgehead atoms. The molecule has 0 unspecified atom stereocenters. The first-order chi connectivity index (χ1) is 20.9. The lowest BCUT2D eigenvalue weighted by Gasteiger charge is -2.38. The molecule has 3 N–H and O–H groups in total. The van der Waals surface area contributed by atoms with E-state index in [-0.39, 0.29) is 24.2 Å². The molecular weight excluding hydrogens is 585 g/mol. The standard InChI is InChI=1S/C34H43ClFN3O5/c1-33(2,25-12-8-13-26(35)19-25)29(23-11-7-14-27(36)17-23)44-32(43)39-34(3,20-22-9-5-4-6-10-22)31(42)38-28(21-40)18-24-15-16-37-30(24)41/h7-8,11-14,17,19,21-22,24,28-29H,4-6,9-10,15-16,18,20H2,1-3H3,(H,37,41)(H,38,42)(H,39,43)/t24-,28-,29-,34+/m0/s1. The van der Waals surface area contributed by atoms with Gasteiger partial charge in [-0.2, -0.15) is 0 Å². The van der Waals surface area contributed by atoms with Gasteiger partial charge in [0.2, 0.25) is 11.8 Å². The summed E-state index contributed by atoms with van der Waals surface area (Å²) < 4.78 is 20.5. The minimum Gasteiger partial charge on any atom is -0.440 e. The Morgan fingerprint density at radius 2 is 1.82 bits per heavy atom. The molecule has 238 valence electrons. The van der Waals surface area contributed by atoms with Gasteiger partial charge in [0.1, 0.15) is 23.7 Å². The highest BCUT2D eigenvalue weighted by molar-refractivity contribution is 6.30. The molecule has 2 aromatic carbocycles. The molecule has 0 radical (unpaired) electrons. The zero-order valence-corrected chi connectivity index (χ0v) is 26.4. The van der Waals surface area contributed by atoms with E-state index in [1.54, 1.807) is 37.3 Å². The number of nitrogens with one attached hydrogen (secondary N) is 3. The van der Waals surface area contributed by atoms with Crippen LogP contribution >= 0.6 is 11.6 Å². The maximum Gasteiger partial charge on any atom is 0.408 e. The molecule has 0 spiro atoms. The zero-order valence-electron chi connectivity index (χ0n) is 25.7. The van der Waals surface area contributed by atoms with Crippen molar-refractivity contribution in [2.75, 3.05) is 6.54 Å². The molecule has 1 saturated heterocycles. The summed E-state index contributed by atoms with van der Waals surface area (Å²) in [6.45, 7) is 5.93. The molecule has 0 aromatic heterocycles. The number of hydrogen-bond donors (Lipinski definition) is 3. The lowest BCUT2D eigenvalue weighted by atomic mass is 9.76. The van der Waals surface area contributed by atoms with Crippen LogP contribution in [0.25, 0.3) is 0 Å². The molecule has 8 nitrogen and oxygen atoms in total. The largest absolute Gasteiger partial charge is 0.440 e. The van der Waals surface area contributed by atoms with Crippen molar-refractivity contribution in [3.63, 3.8) is 0 Å². The average Bonchev–Trinajstić information content (AvgIpc) is 3.39. The minimum atomic E-state index is -1.41. The average molecular weight is 628 g/mol. The topological polar surface area (TPSA) is 114 Å². The Bertz CT molecular complexity index is 1350. The molecule has 4 atom stereocenters. The van der Waals surface area contributed by atoms with Crippen molar-refractivity contribution < 1.29 is 28.3 Å². The highest BCUT2D eigenvalue weighted by atomic mass is 35.5. The summed E-state index contributed by atoms with van der Waals surface area (Å²) in [5.41, 5.74) is -1.04. The number of ether oxygens (including phenoxy) is 1. The highest BCUT2D eigenvalue weighted by Gasteiger charge is 2.42. The third kappa shape index (κ3) is 8.37. The number of aldehydes is 1. The molecule has 2 aliphatic rings. The van der Waals surface area contributed by atoms with Crippen LogP contribution in [0.15, 0.2) is 48.5 Å². The first kappa shape index (κ1) is 33.4. The maximum absolute atomic E-state index is 14.4. The minimum absolute atomic E-state index is 0.136. The van der Waals surface area contributed by atoms with Crippen molar-refractivity contribution in [2.24, 2.45) is 11.8 Å². The monoisotopic (exact) mass is 627 g/mol. The van der Waals surface area contributed by atoms with Crippen molar-refractivity contribution in [1.82, 2.24) is 16.0 Å². The van der Waals surface area contributed by atoms with Crippen LogP contribution < -0.4 is 16.0 Å². The maximum atomic E-state index is 14.4. The summed E-state index contributed by atoms with van der Waals surface area (Å²) in [5, 5.41) is 8.88. The van der Waals surface area contributed by atoms with E-state index in [4.69, 9.17) is 16.3 Å². The van der Waals surface area contributed by atoms with Gasteiger partial charge < -0.3 is 25.5 Å². The van der Waals surface area contributed by atoms with E-state index in [0.717, 1.165) is 37.7 Å². The van der Waals surface area contributed by atoms with Crippen LogP contribution in [-0.4, -0.2) is 42.3 Å². The number of halogens is 2. The van der Waals surface area contributed by atoms with Crippen LogP contribution in [0.4, 0.5) is 9.18 Å². The fraction of sp³-hybridized carbons (Fsp3) is 0.529. The summed E-state index contributed by atoms with van der Waals surface area (Å²) in [4.78, 5) is 51.7. The van der Waals surface area contributed by atoms with E-state index < -0.39 is 40.9 Å². The van der Waals surface area contributed by atoms with Gasteiger partial charge >= 0.3 is 6.09 Å². The third-order valence-corrected chi connectivity index (χ3v) is 9.32. The number of carbonyl (C=O) groups excluding carboxylic acids is 4. The third-order valence-electron chi connectivity index (χ3n) is 9.08. The fourth-order valence-electron chi connectivity index (χ4n) is 6.53. The van der Waals surface area contributed by atoms with Crippen molar-refractivity contribution in [3.8, 4) is 0 Å². The van der Waals surface area contributed by atoms with Crippen molar-refractivity contribution in [2.45, 2.75) is 95.2 Å². The Balaban J connectivity index is 1.59. The summed E-state index contributed by atoms with van der Waals surface area (Å²) in [6.07, 6.45) is 5.02. The molecule has 44 heavy (non-hydrogen) atoms. The number of rotatable bonds is 12. The number of hydrogen-bond acceptors (Lipinski definition) is 5. The molecule has 3 amide bonds. The zero-order chi connectivity index (χ0) is 31.9. The molecule has 4 rings (SSSR count). The molecule has 2 aromatic rings. The predicted molar refractivity (Wildman–Crippen MR) is 167 cm³/mol. The summed E-state index contributed by atoms with van der Waals surface area (Å²) >= 11 is 6.29. The second kappa shape index (κ2) is 14.5. The van der Waals surface area contributed by atoms with Gasteiger partial charge in [0, 0.05) is 22.9 Å². The molecule has 1 saturated carbocycles. The summed E-state index contributed by atoms with van der Waals surface area (Å²) in [5.74, 6) is -1.31. The van der Waals surface area contributed by atoms with Gasteiger partial charge in [0.05, 0.1) is 6.04 Å². The lowest BCUT2D eigenvalue weighted by molar-refractivity contribution is -0.131. The number of alkyl carbamates (subject to hydrolysis) is 1. The van der Waals surface area contributed by atoms with Crippen molar-refractivity contribution in [1.29, 1.82) is 0 Å². The lowest BCUT2D eigenvalue weighted by Crippen LogP contribution is -2.60. The van der Waals surface area contributed by atoms with Gasteiger partial charge in [-0.3, -0.25) is 9.59 Å². The first-order valence-corrected chi connectivity index (χ1v) is 15.8. The SMILES string of the molecule is CC(C)(c1cccc(Cl)c1)[C@@H](OC(=O)N[C@](C)(CC1CCCCC1)C(=O)N[C@H](C=O)C[C@@H]1CCNC1=O)c1cccc(F)c1. The van der Waals surface area contributed by atoms with Gasteiger partial charge in [-0.25, -0.2) is 9.18 Å². The number of amides is 3. The Morgan fingerprint density at radius 1 is 1.09 bits per heavy atom. The van der Waals surface area contributed by atoms with Crippen LogP contribution in [0.2, 0.25) is 5.02 Å². The normalized spacial score (nSPS) is 20.1. The fourth-order valence-corrected chi connectivity index (χ4v) is 6.72. The predicted octanol–water partition coefficient (Wildman–Crippen LogP) is 6.16. The van der Waals surface area contributed by atoms with Gasteiger partial charge in [0.15, 0.2) is 0 Å². The van der Waals surface area contributed by atoms with Crippen LogP contribution in [-0.2, 0) is 24.5 Å². The van der Waals surface area contributed by atoms with Gasteiger partial charge in [-0.05, 0) is 67.5 Å².